The van der Waals surface area contributed by atoms with Gasteiger partial charge in [0.25, 0.3) is 15.9 Å². The van der Waals surface area contributed by atoms with Crippen LogP contribution in [-0.2, 0) is 27.9 Å². The normalized spacial score (nSPS) is 11.3. The number of carbonyl (C=O) groups excluding carboxylic acids is 1. The number of hydrogen-bond acceptors (Lipinski definition) is 5. The van der Waals surface area contributed by atoms with E-state index in [0.717, 1.165) is 11.1 Å². The van der Waals surface area contributed by atoms with Crippen molar-refractivity contribution >= 4 is 21.6 Å². The van der Waals surface area contributed by atoms with Crippen LogP contribution in [0, 0.1) is 0 Å². The fourth-order valence-corrected chi connectivity index (χ4v) is 4.43. The minimum atomic E-state index is -3.85. The van der Waals surface area contributed by atoms with E-state index in [4.69, 9.17) is 9.47 Å². The number of carbonyl (C=O) groups is 1. The molecule has 3 rings (SSSR count). The fourth-order valence-electron chi connectivity index (χ4n) is 3.19. The third-order valence-corrected chi connectivity index (χ3v) is 7.03. The molecule has 0 fully saturated rings. The van der Waals surface area contributed by atoms with Gasteiger partial charge in [0.1, 0.15) is 5.75 Å². The number of nitrogens with zero attached hydrogens (tertiary/aromatic N) is 1. The minimum absolute atomic E-state index is 0.0352. The van der Waals surface area contributed by atoms with Crippen LogP contribution in [-0.4, -0.2) is 34.6 Å². The molecule has 0 unspecified atom stereocenters. The molecule has 0 radical (unpaired) electrons. The van der Waals surface area contributed by atoms with E-state index >= 15 is 0 Å². The average molecular weight is 483 g/mol. The molecule has 1 N–H and O–H groups in total. The number of sulfonamides is 1. The Kier molecular flexibility index (Phi) is 8.31. The molecule has 3 aromatic rings. The molecule has 0 atom stereocenters. The Morgan fingerprint density at radius 2 is 1.62 bits per heavy atom. The highest BCUT2D eigenvalue weighted by Crippen LogP contribution is 2.24. The van der Waals surface area contributed by atoms with Crippen molar-refractivity contribution in [2.24, 2.45) is 0 Å². The highest BCUT2D eigenvalue weighted by Gasteiger charge is 2.22. The van der Waals surface area contributed by atoms with Gasteiger partial charge in [-0.15, -0.1) is 0 Å². The highest BCUT2D eigenvalue weighted by molar-refractivity contribution is 7.92. The summed E-state index contributed by atoms with van der Waals surface area (Å²) in [4.78, 5) is 12.7. The first-order valence-electron chi connectivity index (χ1n) is 10.9. The predicted octanol–water partition coefficient (Wildman–Crippen LogP) is 4.38. The Hall–Kier alpha value is -3.36. The maximum atomic E-state index is 13.1. The number of benzene rings is 3. The van der Waals surface area contributed by atoms with Gasteiger partial charge >= 0.3 is 0 Å². The summed E-state index contributed by atoms with van der Waals surface area (Å²) in [5.74, 6) is 0.281. The van der Waals surface area contributed by atoms with Crippen LogP contribution in [0.4, 0.5) is 5.69 Å². The number of nitrogens with one attached hydrogen (secondary N) is 1. The zero-order chi connectivity index (χ0) is 24.7. The van der Waals surface area contributed by atoms with Crippen LogP contribution in [0.25, 0.3) is 0 Å². The van der Waals surface area contributed by atoms with Crippen LogP contribution >= 0.6 is 0 Å². The molecule has 34 heavy (non-hydrogen) atoms. The van der Waals surface area contributed by atoms with E-state index in [2.05, 4.69) is 5.32 Å². The molecule has 7 nitrogen and oxygen atoms in total. The van der Waals surface area contributed by atoms with E-state index in [1.54, 1.807) is 43.5 Å². The molecule has 0 saturated carbocycles. The van der Waals surface area contributed by atoms with Crippen LogP contribution in [0.2, 0.25) is 0 Å². The molecular formula is C26H30N2O5S. The molecule has 0 aliphatic rings. The Morgan fingerprint density at radius 3 is 2.24 bits per heavy atom. The maximum absolute atomic E-state index is 13.1. The van der Waals surface area contributed by atoms with E-state index in [-0.39, 0.29) is 22.5 Å². The Bertz CT molecular complexity index is 1210. The average Bonchev–Trinajstić information content (AvgIpc) is 2.86. The first kappa shape index (κ1) is 25.3. The van der Waals surface area contributed by atoms with Gasteiger partial charge in [0.05, 0.1) is 30.4 Å². The van der Waals surface area contributed by atoms with Crippen molar-refractivity contribution in [3.05, 3.63) is 89.5 Å². The van der Waals surface area contributed by atoms with E-state index in [1.165, 1.54) is 23.5 Å². The second-order valence-corrected chi connectivity index (χ2v) is 10.0. The first-order chi connectivity index (χ1) is 16.2. The summed E-state index contributed by atoms with van der Waals surface area (Å²) in [6.07, 6.45) is 0.162. The number of rotatable bonds is 10. The standard InChI is InChI=1S/C26H30N2O5S/c1-19(2)33-18-21-10-8-20(9-11-21)17-27-26(29)22-6-5-7-25(16-22)34(30,31)28(3)23-12-14-24(32-4)15-13-23/h5-16,19H,17-18H2,1-4H3,(H,27,29). The summed E-state index contributed by atoms with van der Waals surface area (Å²) in [7, 11) is -0.833. The highest BCUT2D eigenvalue weighted by atomic mass is 32.2. The van der Waals surface area contributed by atoms with Gasteiger partial charge in [0.15, 0.2) is 0 Å². The van der Waals surface area contributed by atoms with E-state index in [0.29, 0.717) is 24.6 Å². The van der Waals surface area contributed by atoms with Gasteiger partial charge in [-0.3, -0.25) is 9.10 Å². The number of hydrogen-bond donors (Lipinski definition) is 1. The van der Waals surface area contributed by atoms with Gasteiger partial charge < -0.3 is 14.8 Å². The number of methoxy groups -OCH3 is 1. The lowest BCUT2D eigenvalue weighted by Crippen LogP contribution is -2.27. The molecule has 180 valence electrons. The van der Waals surface area contributed by atoms with Gasteiger partial charge in [-0.05, 0) is 67.4 Å². The van der Waals surface area contributed by atoms with Gasteiger partial charge in [-0.2, -0.15) is 0 Å². The van der Waals surface area contributed by atoms with Crippen LogP contribution in [0.1, 0.15) is 35.3 Å². The van der Waals surface area contributed by atoms with Crippen molar-refractivity contribution in [1.82, 2.24) is 5.32 Å². The van der Waals surface area contributed by atoms with Crippen LogP contribution < -0.4 is 14.4 Å². The lowest BCUT2D eigenvalue weighted by Gasteiger charge is -2.20. The predicted molar refractivity (Wildman–Crippen MR) is 133 cm³/mol. The third kappa shape index (κ3) is 6.36. The molecule has 8 heteroatoms. The van der Waals surface area contributed by atoms with Crippen molar-refractivity contribution in [3.63, 3.8) is 0 Å². The molecule has 0 aromatic heterocycles. The van der Waals surface area contributed by atoms with Crippen LogP contribution in [0.5, 0.6) is 5.75 Å². The van der Waals surface area contributed by atoms with Crippen molar-refractivity contribution in [2.45, 2.75) is 38.0 Å². The number of ether oxygens (including phenoxy) is 2. The molecule has 0 saturated heterocycles. The van der Waals surface area contributed by atoms with Crippen molar-refractivity contribution in [1.29, 1.82) is 0 Å². The monoisotopic (exact) mass is 482 g/mol. The Labute approximate surface area is 201 Å². The maximum Gasteiger partial charge on any atom is 0.264 e. The summed E-state index contributed by atoms with van der Waals surface area (Å²) >= 11 is 0. The third-order valence-electron chi connectivity index (χ3n) is 5.25. The zero-order valence-electron chi connectivity index (χ0n) is 19.8. The van der Waals surface area contributed by atoms with Gasteiger partial charge in [0, 0.05) is 19.2 Å². The first-order valence-corrected chi connectivity index (χ1v) is 12.4. The Balaban J connectivity index is 1.67. The number of amides is 1. The molecule has 0 aliphatic heterocycles. The summed E-state index contributed by atoms with van der Waals surface area (Å²) in [6.45, 7) is 4.84. The van der Waals surface area contributed by atoms with Crippen LogP contribution in [0.15, 0.2) is 77.7 Å². The quantitative estimate of drug-likeness (QED) is 0.464. The smallest absolute Gasteiger partial charge is 0.264 e. The minimum Gasteiger partial charge on any atom is -0.497 e. The van der Waals surface area contributed by atoms with Gasteiger partial charge in [0.2, 0.25) is 0 Å². The lowest BCUT2D eigenvalue weighted by atomic mass is 10.1. The topological polar surface area (TPSA) is 84.9 Å². The summed E-state index contributed by atoms with van der Waals surface area (Å²) in [6, 6.07) is 20.5. The largest absolute Gasteiger partial charge is 0.497 e. The van der Waals surface area contributed by atoms with Gasteiger partial charge in [-0.1, -0.05) is 30.3 Å². The second-order valence-electron chi connectivity index (χ2n) is 8.06. The fraction of sp³-hybridized carbons (Fsp3) is 0.269. The van der Waals surface area contributed by atoms with Crippen molar-refractivity contribution in [2.75, 3.05) is 18.5 Å². The molecule has 0 aliphatic carbocycles. The summed E-state index contributed by atoms with van der Waals surface area (Å²) in [5.41, 5.74) is 2.75. The second kappa shape index (κ2) is 11.2. The molecule has 0 heterocycles. The molecular weight excluding hydrogens is 452 g/mol. The summed E-state index contributed by atoms with van der Waals surface area (Å²) in [5, 5.41) is 2.84. The molecule has 3 aromatic carbocycles. The molecule has 1 amide bonds. The summed E-state index contributed by atoms with van der Waals surface area (Å²) < 4.78 is 38.1. The zero-order valence-corrected chi connectivity index (χ0v) is 20.6. The van der Waals surface area contributed by atoms with Crippen LogP contribution in [0.3, 0.4) is 0 Å². The SMILES string of the molecule is COc1ccc(N(C)S(=O)(=O)c2cccc(C(=O)NCc3ccc(COC(C)C)cc3)c2)cc1. The number of anilines is 1. The Morgan fingerprint density at radius 1 is 0.971 bits per heavy atom. The van der Waals surface area contributed by atoms with Crippen molar-refractivity contribution in [3.8, 4) is 5.75 Å². The molecule has 0 spiro atoms. The lowest BCUT2D eigenvalue weighted by molar-refractivity contribution is 0.0657. The van der Waals surface area contributed by atoms with E-state index < -0.39 is 10.0 Å². The van der Waals surface area contributed by atoms with E-state index in [9.17, 15) is 13.2 Å². The van der Waals surface area contributed by atoms with Gasteiger partial charge in [-0.25, -0.2) is 8.42 Å². The van der Waals surface area contributed by atoms with E-state index in [1.807, 2.05) is 38.1 Å². The van der Waals surface area contributed by atoms with Crippen molar-refractivity contribution < 1.29 is 22.7 Å². The molecule has 0 bridgehead atoms.